The zero-order valence-electron chi connectivity index (χ0n) is 17.7. The monoisotopic (exact) mass is 431 g/mol. The molecule has 1 aliphatic rings. The van der Waals surface area contributed by atoms with E-state index < -0.39 is 36.0 Å². The summed E-state index contributed by atoms with van der Waals surface area (Å²) in [5, 5.41) is 2.59. The molecule has 10 heteroatoms. The van der Waals surface area contributed by atoms with Gasteiger partial charge in [0.05, 0.1) is 0 Å². The molecule has 166 valence electrons. The highest BCUT2D eigenvalue weighted by Gasteiger charge is 2.48. The summed E-state index contributed by atoms with van der Waals surface area (Å²) in [5.74, 6) is -1.30. The van der Waals surface area contributed by atoms with Gasteiger partial charge in [0.2, 0.25) is 0 Å². The highest BCUT2D eigenvalue weighted by atomic mass is 16.8. The van der Waals surface area contributed by atoms with Gasteiger partial charge in [0, 0.05) is 18.9 Å². The zero-order chi connectivity index (χ0) is 22.6. The van der Waals surface area contributed by atoms with Crippen LogP contribution in [0.5, 0.6) is 0 Å². The molecule has 0 saturated carbocycles. The van der Waals surface area contributed by atoms with Crippen LogP contribution in [0.25, 0.3) is 0 Å². The normalized spacial score (nSPS) is 21.8. The summed E-state index contributed by atoms with van der Waals surface area (Å²) in [4.78, 5) is 39.8. The van der Waals surface area contributed by atoms with Crippen LogP contribution < -0.4 is 11.0 Å². The molecule has 10 nitrogen and oxygen atoms in total. The number of hydrogen-bond acceptors (Lipinski definition) is 8. The quantitative estimate of drug-likeness (QED) is 0.628. The first-order chi connectivity index (χ1) is 14.8. The Morgan fingerprint density at radius 1 is 1.26 bits per heavy atom. The molecule has 1 amide bonds. The van der Waals surface area contributed by atoms with E-state index in [4.69, 9.17) is 18.9 Å². The second kappa shape index (κ2) is 9.38. The smallest absolute Gasteiger partial charge is 0.351 e. The molecule has 0 radical (unpaired) electrons. The zero-order valence-corrected chi connectivity index (χ0v) is 17.7. The molecule has 1 saturated heterocycles. The lowest BCUT2D eigenvalue weighted by atomic mass is 10.1. The maximum Gasteiger partial charge on any atom is 0.351 e. The molecular weight excluding hydrogens is 406 g/mol. The van der Waals surface area contributed by atoms with Crippen LogP contribution in [0.15, 0.2) is 47.4 Å². The van der Waals surface area contributed by atoms with E-state index in [1.807, 2.05) is 0 Å². The Bertz CT molecular complexity index is 976. The third kappa shape index (κ3) is 5.16. The summed E-state index contributed by atoms with van der Waals surface area (Å²) >= 11 is 0. The number of rotatable bonds is 8. The molecule has 31 heavy (non-hydrogen) atoms. The lowest BCUT2D eigenvalue weighted by molar-refractivity contribution is -0.171. The van der Waals surface area contributed by atoms with Crippen molar-refractivity contribution in [1.29, 1.82) is 0 Å². The van der Waals surface area contributed by atoms with Crippen LogP contribution in [-0.4, -0.2) is 53.1 Å². The molecular formula is C21H25N3O7. The van der Waals surface area contributed by atoms with Crippen LogP contribution in [0.3, 0.4) is 0 Å². The van der Waals surface area contributed by atoms with Crippen LogP contribution in [-0.2, 0) is 23.7 Å². The second-order valence-corrected chi connectivity index (χ2v) is 7.45. The van der Waals surface area contributed by atoms with Gasteiger partial charge in [0.15, 0.2) is 12.0 Å². The van der Waals surface area contributed by atoms with E-state index in [9.17, 15) is 14.4 Å². The van der Waals surface area contributed by atoms with Crippen LogP contribution >= 0.6 is 0 Å². The van der Waals surface area contributed by atoms with E-state index in [0.29, 0.717) is 12.0 Å². The minimum absolute atomic E-state index is 0.103. The number of amides is 1. The summed E-state index contributed by atoms with van der Waals surface area (Å²) in [6, 6.07) is 10.1. The van der Waals surface area contributed by atoms with Crippen molar-refractivity contribution < 1.29 is 28.5 Å². The van der Waals surface area contributed by atoms with Gasteiger partial charge in [-0.15, -0.1) is 0 Å². The van der Waals surface area contributed by atoms with Gasteiger partial charge in [-0.3, -0.25) is 14.2 Å². The van der Waals surface area contributed by atoms with Crippen LogP contribution in [0.1, 0.15) is 37.4 Å². The molecule has 1 fully saturated rings. The topological polar surface area (TPSA) is 118 Å². The van der Waals surface area contributed by atoms with Gasteiger partial charge in [-0.05, 0) is 39.0 Å². The van der Waals surface area contributed by atoms with Crippen molar-refractivity contribution >= 4 is 18.2 Å². The summed E-state index contributed by atoms with van der Waals surface area (Å²) in [5.41, 5.74) is -0.212. The fraction of sp³-hybridized carbons (Fsp3) is 0.429. The van der Waals surface area contributed by atoms with Gasteiger partial charge >= 0.3 is 5.69 Å². The van der Waals surface area contributed by atoms with Gasteiger partial charge in [-0.25, -0.2) is 4.79 Å². The minimum atomic E-state index is -1.02. The third-order valence-electron chi connectivity index (χ3n) is 4.82. The van der Waals surface area contributed by atoms with E-state index >= 15 is 0 Å². The molecule has 4 atom stereocenters. The summed E-state index contributed by atoms with van der Waals surface area (Å²) < 4.78 is 23.6. The largest absolute Gasteiger partial charge is 0.462 e. The van der Waals surface area contributed by atoms with Crippen LogP contribution in [0.4, 0.5) is 5.82 Å². The molecule has 2 aromatic rings. The number of nitrogens with zero attached hydrogens (tertiary/aromatic N) is 2. The Kier molecular flexibility index (Phi) is 6.84. The summed E-state index contributed by atoms with van der Waals surface area (Å²) in [6.45, 7) is 5.37. The molecule has 3 rings (SSSR count). The van der Waals surface area contributed by atoms with Crippen molar-refractivity contribution in [2.75, 3.05) is 12.4 Å². The van der Waals surface area contributed by atoms with Crippen molar-refractivity contribution in [2.45, 2.75) is 51.1 Å². The number of benzene rings is 1. The van der Waals surface area contributed by atoms with Crippen molar-refractivity contribution in [1.82, 2.24) is 9.55 Å². The first-order valence-corrected chi connectivity index (χ1v) is 9.69. The van der Waals surface area contributed by atoms with Crippen LogP contribution in [0.2, 0.25) is 0 Å². The lowest BCUT2D eigenvalue weighted by Gasteiger charge is -2.29. The first-order valence-electron chi connectivity index (χ1n) is 9.69. The van der Waals surface area contributed by atoms with E-state index in [1.165, 1.54) is 23.9 Å². The van der Waals surface area contributed by atoms with E-state index in [0.717, 1.165) is 0 Å². The third-order valence-corrected chi connectivity index (χ3v) is 4.82. The second-order valence-electron chi connectivity index (χ2n) is 7.45. The summed E-state index contributed by atoms with van der Waals surface area (Å²) in [6.07, 6.45) is -1.56. The molecule has 1 aromatic carbocycles. The molecule has 0 bridgehead atoms. The first kappa shape index (κ1) is 22.6. The minimum Gasteiger partial charge on any atom is -0.462 e. The number of carbonyl (C=O) groups is 2. The molecule has 0 aliphatic carbocycles. The van der Waals surface area contributed by atoms with Crippen molar-refractivity contribution in [2.24, 2.45) is 0 Å². The average Bonchev–Trinajstić information content (AvgIpc) is 3.04. The van der Waals surface area contributed by atoms with Crippen molar-refractivity contribution in [3.05, 3.63) is 58.6 Å². The Hall–Kier alpha value is -3.08. The fourth-order valence-corrected chi connectivity index (χ4v) is 3.43. The van der Waals surface area contributed by atoms with Crippen LogP contribution in [0, 0.1) is 0 Å². The molecule has 0 spiro atoms. The Morgan fingerprint density at radius 3 is 2.58 bits per heavy atom. The standard InChI is InChI=1S/C21H25N3O7/c1-13(29-12-25)16(28-4)17-19(31-21(2,3)30-17)24-11-10-15(23-20(24)27)22-18(26)14-8-6-5-7-9-14/h5-13,16-17,19H,1-4H3,(H,22,23,26,27)/t13-,16-,17+,19-/m0/s1. The number of methoxy groups -OCH3 is 1. The molecule has 0 unspecified atom stereocenters. The number of hydrogen-bond donors (Lipinski definition) is 1. The number of ether oxygens (including phenoxy) is 4. The highest BCUT2D eigenvalue weighted by Crippen LogP contribution is 2.37. The van der Waals surface area contributed by atoms with Gasteiger partial charge < -0.3 is 24.3 Å². The molecule has 2 heterocycles. The number of nitrogens with one attached hydrogen (secondary N) is 1. The predicted octanol–water partition coefficient (Wildman–Crippen LogP) is 1.72. The summed E-state index contributed by atoms with van der Waals surface area (Å²) in [7, 11) is 1.45. The van der Waals surface area contributed by atoms with E-state index in [1.54, 1.807) is 51.1 Å². The Balaban J connectivity index is 1.85. The maximum absolute atomic E-state index is 12.7. The number of anilines is 1. The Labute approximate surface area is 179 Å². The number of aromatic nitrogens is 2. The van der Waals surface area contributed by atoms with Crippen molar-refractivity contribution in [3.8, 4) is 0 Å². The van der Waals surface area contributed by atoms with E-state index in [-0.39, 0.29) is 11.7 Å². The average molecular weight is 431 g/mol. The SMILES string of the molecule is CO[C@H]([C@H]1OC(C)(C)O[C@@H]1n1ccc(NC(=O)c2ccccc2)nc1=O)[C@H](C)OC=O. The van der Waals surface area contributed by atoms with Crippen molar-refractivity contribution in [3.63, 3.8) is 0 Å². The van der Waals surface area contributed by atoms with E-state index in [2.05, 4.69) is 10.3 Å². The highest BCUT2D eigenvalue weighted by molar-refractivity contribution is 6.03. The van der Waals surface area contributed by atoms with Gasteiger partial charge in [0.1, 0.15) is 24.1 Å². The molecule has 1 N–H and O–H groups in total. The van der Waals surface area contributed by atoms with Gasteiger partial charge in [-0.1, -0.05) is 18.2 Å². The Morgan fingerprint density at radius 2 is 1.97 bits per heavy atom. The molecule has 1 aromatic heterocycles. The fourth-order valence-electron chi connectivity index (χ4n) is 3.43. The van der Waals surface area contributed by atoms with Gasteiger partial charge in [-0.2, -0.15) is 4.98 Å². The molecule has 1 aliphatic heterocycles. The number of carbonyl (C=O) groups excluding carboxylic acids is 2. The maximum atomic E-state index is 12.7. The lowest BCUT2D eigenvalue weighted by Crippen LogP contribution is -2.45. The van der Waals surface area contributed by atoms with Gasteiger partial charge in [0.25, 0.3) is 12.4 Å². The predicted molar refractivity (Wildman–Crippen MR) is 109 cm³/mol.